The predicted molar refractivity (Wildman–Crippen MR) is 102 cm³/mol. The average Bonchev–Trinajstić information content (AvgIpc) is 3.15. The summed E-state index contributed by atoms with van der Waals surface area (Å²) in [4.78, 5) is 12.5. The second kappa shape index (κ2) is 7.80. The van der Waals surface area contributed by atoms with Crippen LogP contribution in [0.1, 0.15) is 21.5 Å². The Morgan fingerprint density at radius 2 is 1.97 bits per heavy atom. The smallest absolute Gasteiger partial charge is 0.405 e. The van der Waals surface area contributed by atoms with E-state index in [1.165, 1.54) is 18.2 Å². The SMILES string of the molecule is O=C(Nc1nnc(-c2ccccc2OC(F)(F)F)s1)c1ccc2c(c1)CCNC2. The van der Waals surface area contributed by atoms with E-state index < -0.39 is 6.36 Å². The number of rotatable bonds is 4. The first kappa shape index (κ1) is 19.3. The summed E-state index contributed by atoms with van der Waals surface area (Å²) < 4.78 is 41.9. The van der Waals surface area contributed by atoms with E-state index in [1.807, 2.05) is 12.1 Å². The van der Waals surface area contributed by atoms with Gasteiger partial charge in [0.25, 0.3) is 5.91 Å². The molecule has 0 radical (unpaired) electrons. The molecule has 0 saturated carbocycles. The van der Waals surface area contributed by atoms with Gasteiger partial charge >= 0.3 is 6.36 Å². The van der Waals surface area contributed by atoms with E-state index in [9.17, 15) is 18.0 Å². The minimum Gasteiger partial charge on any atom is -0.405 e. The molecule has 2 aromatic carbocycles. The molecule has 1 aromatic heterocycles. The van der Waals surface area contributed by atoms with Crippen LogP contribution in [0.3, 0.4) is 0 Å². The highest BCUT2D eigenvalue weighted by Crippen LogP contribution is 2.36. The summed E-state index contributed by atoms with van der Waals surface area (Å²) in [5, 5.41) is 14.1. The predicted octanol–water partition coefficient (Wildman–Crippen LogP) is 4.00. The molecule has 10 heteroatoms. The fraction of sp³-hybridized carbons (Fsp3) is 0.211. The van der Waals surface area contributed by atoms with Gasteiger partial charge in [-0.1, -0.05) is 29.5 Å². The third-order valence-electron chi connectivity index (χ3n) is 4.34. The molecule has 0 fully saturated rings. The summed E-state index contributed by atoms with van der Waals surface area (Å²) in [7, 11) is 0. The maximum atomic E-state index is 12.6. The molecule has 29 heavy (non-hydrogen) atoms. The molecule has 2 N–H and O–H groups in total. The molecule has 3 aromatic rings. The van der Waals surface area contributed by atoms with Gasteiger partial charge in [0.05, 0.1) is 5.56 Å². The molecule has 0 saturated heterocycles. The lowest BCUT2D eigenvalue weighted by Gasteiger charge is -2.17. The second-order valence-electron chi connectivity index (χ2n) is 6.32. The lowest BCUT2D eigenvalue weighted by molar-refractivity contribution is -0.274. The molecule has 0 aliphatic carbocycles. The molecule has 150 valence electrons. The van der Waals surface area contributed by atoms with Gasteiger partial charge in [-0.3, -0.25) is 10.1 Å². The second-order valence-corrected chi connectivity index (χ2v) is 7.30. The topological polar surface area (TPSA) is 76.1 Å². The standard InChI is InChI=1S/C19H15F3N4O2S/c20-19(21,22)28-15-4-2-1-3-14(15)17-25-26-18(29-17)24-16(27)12-5-6-13-10-23-8-7-11(13)9-12/h1-6,9,23H,7-8,10H2,(H,24,26,27). The summed E-state index contributed by atoms with van der Waals surface area (Å²) in [6.45, 7) is 1.63. The van der Waals surface area contributed by atoms with Crippen LogP contribution in [-0.2, 0) is 13.0 Å². The Kier molecular flexibility index (Phi) is 5.20. The highest BCUT2D eigenvalue weighted by Gasteiger charge is 2.32. The van der Waals surface area contributed by atoms with Crippen LogP contribution in [0, 0.1) is 0 Å². The van der Waals surface area contributed by atoms with Gasteiger partial charge in [0.1, 0.15) is 5.75 Å². The minimum absolute atomic E-state index is 0.143. The zero-order valence-electron chi connectivity index (χ0n) is 14.9. The van der Waals surface area contributed by atoms with Gasteiger partial charge in [-0.15, -0.1) is 23.4 Å². The van der Waals surface area contributed by atoms with Crippen molar-refractivity contribution in [3.05, 3.63) is 59.2 Å². The van der Waals surface area contributed by atoms with Crippen molar-refractivity contribution in [2.24, 2.45) is 0 Å². The molecule has 2 heterocycles. The van der Waals surface area contributed by atoms with E-state index >= 15 is 0 Å². The van der Waals surface area contributed by atoms with Crippen LogP contribution in [-0.4, -0.2) is 29.0 Å². The fourth-order valence-corrected chi connectivity index (χ4v) is 3.80. The summed E-state index contributed by atoms with van der Waals surface area (Å²) in [6.07, 6.45) is -3.98. The molecule has 1 amide bonds. The summed E-state index contributed by atoms with van der Waals surface area (Å²) in [5.74, 6) is -0.730. The van der Waals surface area contributed by atoms with E-state index in [1.54, 1.807) is 12.1 Å². The van der Waals surface area contributed by atoms with E-state index in [0.29, 0.717) is 5.56 Å². The molecule has 0 bridgehead atoms. The Hall–Kier alpha value is -2.98. The number of fused-ring (bicyclic) bond motifs is 1. The van der Waals surface area contributed by atoms with Crippen molar-refractivity contribution in [3.8, 4) is 16.3 Å². The molecule has 6 nitrogen and oxygen atoms in total. The van der Waals surface area contributed by atoms with Gasteiger partial charge in [-0.05, 0) is 48.4 Å². The molecular formula is C19H15F3N4O2S. The lowest BCUT2D eigenvalue weighted by atomic mass is 9.98. The molecule has 0 spiro atoms. The number of halogens is 3. The number of alkyl halides is 3. The average molecular weight is 420 g/mol. The summed E-state index contributed by atoms with van der Waals surface area (Å²) in [5.41, 5.74) is 2.91. The number of aromatic nitrogens is 2. The largest absolute Gasteiger partial charge is 0.573 e. The number of ether oxygens (including phenoxy) is 1. The van der Waals surface area contributed by atoms with Gasteiger partial charge in [0.2, 0.25) is 5.13 Å². The van der Waals surface area contributed by atoms with Crippen LogP contribution in [0.4, 0.5) is 18.3 Å². The summed E-state index contributed by atoms with van der Waals surface area (Å²) in [6, 6.07) is 11.1. The zero-order chi connectivity index (χ0) is 20.4. The monoisotopic (exact) mass is 420 g/mol. The maximum Gasteiger partial charge on any atom is 0.573 e. The van der Waals surface area contributed by atoms with Crippen molar-refractivity contribution in [3.63, 3.8) is 0 Å². The van der Waals surface area contributed by atoms with Crippen molar-refractivity contribution in [2.75, 3.05) is 11.9 Å². The van der Waals surface area contributed by atoms with Gasteiger partial charge in [-0.2, -0.15) is 0 Å². The lowest BCUT2D eigenvalue weighted by Crippen LogP contribution is -2.24. The van der Waals surface area contributed by atoms with Crippen molar-refractivity contribution < 1.29 is 22.7 Å². The van der Waals surface area contributed by atoms with Crippen molar-refractivity contribution in [1.29, 1.82) is 0 Å². The molecule has 0 unspecified atom stereocenters. The molecule has 1 aliphatic rings. The van der Waals surface area contributed by atoms with Crippen molar-refractivity contribution in [1.82, 2.24) is 15.5 Å². The number of hydrogen-bond acceptors (Lipinski definition) is 6. The molecule has 4 rings (SSSR count). The number of carbonyl (C=O) groups is 1. The third kappa shape index (κ3) is 4.54. The molecule has 1 aliphatic heterocycles. The number of anilines is 1. The third-order valence-corrected chi connectivity index (χ3v) is 5.22. The maximum absolute atomic E-state index is 12.6. The number of benzene rings is 2. The highest BCUT2D eigenvalue weighted by atomic mass is 32.1. The molecular weight excluding hydrogens is 405 g/mol. The number of para-hydroxylation sites is 1. The number of hydrogen-bond donors (Lipinski definition) is 2. The number of nitrogens with one attached hydrogen (secondary N) is 2. The number of carbonyl (C=O) groups excluding carboxylic acids is 1. The van der Waals surface area contributed by atoms with Crippen LogP contribution in [0.15, 0.2) is 42.5 Å². The first-order valence-electron chi connectivity index (χ1n) is 8.71. The minimum atomic E-state index is -4.82. The van der Waals surface area contributed by atoms with E-state index in [0.717, 1.165) is 42.0 Å². The number of amides is 1. The highest BCUT2D eigenvalue weighted by molar-refractivity contribution is 7.18. The Balaban J connectivity index is 1.52. The Morgan fingerprint density at radius 1 is 1.14 bits per heavy atom. The van der Waals surface area contributed by atoms with Gasteiger partial charge in [0, 0.05) is 12.1 Å². The quantitative estimate of drug-likeness (QED) is 0.667. The van der Waals surface area contributed by atoms with Crippen molar-refractivity contribution >= 4 is 22.4 Å². The normalized spacial score (nSPS) is 13.6. The van der Waals surface area contributed by atoms with E-state index in [2.05, 4.69) is 25.6 Å². The molecule has 0 atom stereocenters. The Morgan fingerprint density at radius 3 is 2.79 bits per heavy atom. The van der Waals surface area contributed by atoms with Gasteiger partial charge < -0.3 is 10.1 Å². The van der Waals surface area contributed by atoms with Crippen LogP contribution < -0.4 is 15.4 Å². The zero-order valence-corrected chi connectivity index (χ0v) is 15.7. The Labute approximate surface area is 167 Å². The summed E-state index contributed by atoms with van der Waals surface area (Å²) >= 11 is 0.966. The van der Waals surface area contributed by atoms with E-state index in [-0.39, 0.29) is 27.4 Å². The van der Waals surface area contributed by atoms with Gasteiger partial charge in [-0.25, -0.2) is 0 Å². The van der Waals surface area contributed by atoms with Crippen LogP contribution >= 0.6 is 11.3 Å². The first-order chi connectivity index (χ1) is 13.9. The Bertz CT molecular complexity index is 1050. The van der Waals surface area contributed by atoms with E-state index in [4.69, 9.17) is 0 Å². The fourth-order valence-electron chi connectivity index (χ4n) is 3.03. The van der Waals surface area contributed by atoms with Crippen LogP contribution in [0.5, 0.6) is 5.75 Å². The first-order valence-corrected chi connectivity index (χ1v) is 9.53. The van der Waals surface area contributed by atoms with Gasteiger partial charge in [0.15, 0.2) is 5.01 Å². The van der Waals surface area contributed by atoms with Crippen LogP contribution in [0.25, 0.3) is 10.6 Å². The number of nitrogens with zero attached hydrogens (tertiary/aromatic N) is 2. The van der Waals surface area contributed by atoms with Crippen molar-refractivity contribution in [2.45, 2.75) is 19.3 Å². The van der Waals surface area contributed by atoms with Crippen LogP contribution in [0.2, 0.25) is 0 Å².